The molecule has 0 aromatic heterocycles. The first-order chi connectivity index (χ1) is 8.93. The van der Waals surface area contributed by atoms with Crippen molar-refractivity contribution in [3.8, 4) is 0 Å². The van der Waals surface area contributed by atoms with Crippen molar-refractivity contribution in [2.45, 2.75) is 32.7 Å². The molecule has 0 amide bonds. The summed E-state index contributed by atoms with van der Waals surface area (Å²) < 4.78 is 18.4. The van der Waals surface area contributed by atoms with Crippen LogP contribution in [0.4, 0.5) is 4.39 Å². The van der Waals surface area contributed by atoms with Gasteiger partial charge in [0, 0.05) is 12.5 Å². The molecule has 106 valence electrons. The molecule has 0 fully saturated rings. The van der Waals surface area contributed by atoms with E-state index in [4.69, 9.17) is 10.5 Å². The molecule has 0 saturated carbocycles. The second-order valence-electron chi connectivity index (χ2n) is 4.63. The van der Waals surface area contributed by atoms with Crippen LogP contribution in [0.3, 0.4) is 0 Å². The number of carbonyl (C=O) groups excluding carboxylic acids is 1. The molecule has 0 radical (unpaired) electrons. The van der Waals surface area contributed by atoms with Crippen LogP contribution in [0.2, 0.25) is 0 Å². The predicted molar refractivity (Wildman–Crippen MR) is 76.1 cm³/mol. The Labute approximate surface area is 121 Å². The van der Waals surface area contributed by atoms with Gasteiger partial charge in [0.15, 0.2) is 0 Å². The Morgan fingerprint density at radius 1 is 1.53 bits per heavy atom. The van der Waals surface area contributed by atoms with Gasteiger partial charge in [-0.15, -0.1) is 0 Å². The van der Waals surface area contributed by atoms with Crippen LogP contribution in [-0.2, 0) is 9.53 Å². The summed E-state index contributed by atoms with van der Waals surface area (Å²) in [5, 5.41) is 0. The summed E-state index contributed by atoms with van der Waals surface area (Å²) in [4.78, 5) is 11.4. The van der Waals surface area contributed by atoms with E-state index in [9.17, 15) is 9.18 Å². The normalized spacial score (nSPS) is 13.9. The molecule has 0 aliphatic rings. The Balaban J connectivity index is 2.56. The van der Waals surface area contributed by atoms with Crippen molar-refractivity contribution >= 4 is 21.9 Å². The van der Waals surface area contributed by atoms with Crippen molar-refractivity contribution < 1.29 is 13.9 Å². The molecule has 0 bridgehead atoms. The van der Waals surface area contributed by atoms with Gasteiger partial charge in [0.25, 0.3) is 0 Å². The van der Waals surface area contributed by atoms with Crippen molar-refractivity contribution in [3.05, 3.63) is 34.1 Å². The fourth-order valence-electron chi connectivity index (χ4n) is 1.90. The van der Waals surface area contributed by atoms with E-state index >= 15 is 0 Å². The first-order valence-electron chi connectivity index (χ1n) is 6.30. The lowest BCUT2D eigenvalue weighted by Crippen LogP contribution is -2.17. The third kappa shape index (κ3) is 5.28. The van der Waals surface area contributed by atoms with Crippen LogP contribution in [0.1, 0.15) is 38.3 Å². The van der Waals surface area contributed by atoms with Crippen molar-refractivity contribution in [1.82, 2.24) is 0 Å². The molecule has 1 rings (SSSR count). The largest absolute Gasteiger partial charge is 0.466 e. The topological polar surface area (TPSA) is 52.3 Å². The van der Waals surface area contributed by atoms with Crippen LogP contribution >= 0.6 is 15.9 Å². The maximum absolute atomic E-state index is 13.1. The van der Waals surface area contributed by atoms with Gasteiger partial charge in [0.2, 0.25) is 0 Å². The highest BCUT2D eigenvalue weighted by Gasteiger charge is 2.16. The van der Waals surface area contributed by atoms with Gasteiger partial charge in [0.05, 0.1) is 11.1 Å². The van der Waals surface area contributed by atoms with E-state index < -0.39 is 0 Å². The lowest BCUT2D eigenvalue weighted by Gasteiger charge is -2.17. The molecule has 0 aliphatic carbocycles. The number of rotatable bonds is 6. The number of nitrogens with two attached hydrogens (primary N) is 1. The quantitative estimate of drug-likeness (QED) is 0.811. The summed E-state index contributed by atoms with van der Waals surface area (Å²) in [5.74, 6) is -0.393. The van der Waals surface area contributed by atoms with Crippen molar-refractivity contribution in [2.75, 3.05) is 6.61 Å². The molecule has 1 aromatic rings. The molecule has 2 N–H and O–H groups in total. The van der Waals surface area contributed by atoms with Crippen LogP contribution in [0.15, 0.2) is 22.7 Å². The summed E-state index contributed by atoms with van der Waals surface area (Å²) >= 11 is 3.14. The van der Waals surface area contributed by atoms with E-state index in [-0.39, 0.29) is 23.7 Å². The van der Waals surface area contributed by atoms with Gasteiger partial charge in [-0.1, -0.05) is 13.0 Å². The number of carbonyl (C=O) groups is 1. The summed E-state index contributed by atoms with van der Waals surface area (Å²) in [6.07, 6.45) is 1.00. The highest BCUT2D eigenvalue weighted by atomic mass is 79.9. The molecule has 5 heteroatoms. The number of esters is 1. The van der Waals surface area contributed by atoms with Crippen molar-refractivity contribution in [3.63, 3.8) is 0 Å². The molecular formula is C14H19BrFNO2. The fourth-order valence-corrected chi connectivity index (χ4v) is 2.30. The average molecular weight is 332 g/mol. The summed E-state index contributed by atoms with van der Waals surface area (Å²) in [6, 6.07) is 4.51. The molecule has 0 saturated heterocycles. The minimum absolute atomic E-state index is 0.123. The van der Waals surface area contributed by atoms with Crippen LogP contribution in [0.25, 0.3) is 0 Å². The van der Waals surface area contributed by atoms with E-state index in [0.29, 0.717) is 23.9 Å². The number of ether oxygens (including phenoxy) is 1. The summed E-state index contributed by atoms with van der Waals surface area (Å²) in [5.41, 5.74) is 6.92. The van der Waals surface area contributed by atoms with Crippen LogP contribution < -0.4 is 5.73 Å². The van der Waals surface area contributed by atoms with Gasteiger partial charge in [-0.25, -0.2) is 4.39 Å². The molecular weight excluding hydrogens is 313 g/mol. The van der Waals surface area contributed by atoms with E-state index in [1.165, 1.54) is 6.07 Å². The zero-order valence-electron chi connectivity index (χ0n) is 11.2. The SMILES string of the molecule is CCOC(=O)CC(C)CC(N)c1ccc(F)c(Br)c1. The third-order valence-corrected chi connectivity index (χ3v) is 3.46. The number of hydrogen-bond donors (Lipinski definition) is 1. The molecule has 2 unspecified atom stereocenters. The number of hydrogen-bond acceptors (Lipinski definition) is 3. The molecule has 0 heterocycles. The minimum atomic E-state index is -0.310. The zero-order chi connectivity index (χ0) is 14.4. The summed E-state index contributed by atoms with van der Waals surface area (Å²) in [6.45, 7) is 4.13. The highest BCUT2D eigenvalue weighted by Crippen LogP contribution is 2.25. The maximum atomic E-state index is 13.1. The monoisotopic (exact) mass is 331 g/mol. The molecule has 2 atom stereocenters. The van der Waals surface area contributed by atoms with Gasteiger partial charge >= 0.3 is 5.97 Å². The van der Waals surface area contributed by atoms with E-state index in [0.717, 1.165) is 5.56 Å². The van der Waals surface area contributed by atoms with Crippen LogP contribution in [0, 0.1) is 11.7 Å². The summed E-state index contributed by atoms with van der Waals surface area (Å²) in [7, 11) is 0. The predicted octanol–water partition coefficient (Wildman–Crippen LogP) is 3.57. The van der Waals surface area contributed by atoms with Gasteiger partial charge < -0.3 is 10.5 Å². The second-order valence-corrected chi connectivity index (χ2v) is 5.48. The Morgan fingerprint density at radius 2 is 2.21 bits per heavy atom. The Hall–Kier alpha value is -0.940. The molecule has 1 aromatic carbocycles. The maximum Gasteiger partial charge on any atom is 0.306 e. The van der Waals surface area contributed by atoms with Gasteiger partial charge in [-0.2, -0.15) is 0 Å². The molecule has 0 aliphatic heterocycles. The first kappa shape index (κ1) is 16.1. The fraction of sp³-hybridized carbons (Fsp3) is 0.500. The first-order valence-corrected chi connectivity index (χ1v) is 7.09. The Kier molecular flexibility index (Phi) is 6.45. The average Bonchev–Trinajstić information content (AvgIpc) is 2.32. The van der Waals surface area contributed by atoms with E-state index in [1.807, 2.05) is 6.92 Å². The zero-order valence-corrected chi connectivity index (χ0v) is 12.7. The van der Waals surface area contributed by atoms with Gasteiger partial charge in [-0.05, 0) is 52.9 Å². The van der Waals surface area contributed by atoms with Gasteiger partial charge in [-0.3, -0.25) is 4.79 Å². The van der Waals surface area contributed by atoms with E-state index in [1.54, 1.807) is 19.1 Å². The molecule has 19 heavy (non-hydrogen) atoms. The molecule has 3 nitrogen and oxygen atoms in total. The van der Waals surface area contributed by atoms with Crippen LogP contribution in [-0.4, -0.2) is 12.6 Å². The van der Waals surface area contributed by atoms with Crippen molar-refractivity contribution in [1.29, 1.82) is 0 Å². The van der Waals surface area contributed by atoms with Crippen LogP contribution in [0.5, 0.6) is 0 Å². The third-order valence-electron chi connectivity index (χ3n) is 2.85. The Bertz CT molecular complexity index is 439. The standard InChI is InChI=1S/C14H19BrFNO2/c1-3-19-14(18)7-9(2)6-13(17)10-4-5-12(16)11(15)8-10/h4-5,8-9,13H,3,6-7,17H2,1-2H3. The molecule has 0 spiro atoms. The lowest BCUT2D eigenvalue weighted by molar-refractivity contribution is -0.144. The van der Waals surface area contributed by atoms with Gasteiger partial charge in [0.1, 0.15) is 5.82 Å². The number of halogens is 2. The second kappa shape index (κ2) is 7.60. The Morgan fingerprint density at radius 3 is 2.79 bits per heavy atom. The van der Waals surface area contributed by atoms with Crippen molar-refractivity contribution in [2.24, 2.45) is 11.7 Å². The minimum Gasteiger partial charge on any atom is -0.466 e. The smallest absolute Gasteiger partial charge is 0.306 e. The number of benzene rings is 1. The highest BCUT2D eigenvalue weighted by molar-refractivity contribution is 9.10. The van der Waals surface area contributed by atoms with E-state index in [2.05, 4.69) is 15.9 Å². The lowest BCUT2D eigenvalue weighted by atomic mass is 9.94.